The van der Waals surface area contributed by atoms with Crippen LogP contribution < -0.4 is 0 Å². The molecule has 0 aliphatic rings. The van der Waals surface area contributed by atoms with Gasteiger partial charge in [0.2, 0.25) is 0 Å². The normalized spacial score (nSPS) is 11.4. The van der Waals surface area contributed by atoms with E-state index in [0.29, 0.717) is 5.41 Å². The molecule has 0 aliphatic carbocycles. The first-order valence-corrected chi connectivity index (χ1v) is 3.76. The average molecular weight is 125 g/mol. The highest BCUT2D eigenvalue weighted by Crippen LogP contribution is 2.18. The van der Waals surface area contributed by atoms with E-state index in [9.17, 15) is 0 Å². The van der Waals surface area contributed by atoms with Gasteiger partial charge in [0.25, 0.3) is 0 Å². The summed E-state index contributed by atoms with van der Waals surface area (Å²) in [6.07, 6.45) is 1.64. The fourth-order valence-corrected chi connectivity index (χ4v) is 0.894. The van der Waals surface area contributed by atoms with Gasteiger partial charge in [0.05, 0.1) is 0 Å². The van der Waals surface area contributed by atoms with Crippen molar-refractivity contribution in [1.82, 2.24) is 0 Å². The van der Waals surface area contributed by atoms with Gasteiger partial charge in [-0.25, -0.2) is 11.6 Å². The second kappa shape index (κ2) is 3.49. The van der Waals surface area contributed by atoms with Gasteiger partial charge in [-0.1, -0.05) is 20.8 Å². The van der Waals surface area contributed by atoms with E-state index in [1.54, 1.807) is 18.1 Å². The number of hydrogen-bond acceptors (Lipinski definition) is 1. The molecule has 0 rings (SSSR count). The molecule has 0 nitrogen and oxygen atoms in total. The van der Waals surface area contributed by atoms with Crippen LogP contribution in [0.15, 0.2) is 0 Å². The van der Waals surface area contributed by atoms with E-state index < -0.39 is 0 Å². The highest BCUT2D eigenvalue weighted by molar-refractivity contribution is 8.26. The first kappa shape index (κ1) is 8.48. The summed E-state index contributed by atoms with van der Waals surface area (Å²) in [4.78, 5) is 0. The molecule has 0 unspecified atom stereocenters. The lowest BCUT2D eigenvalue weighted by molar-refractivity contribution is 0.482. The van der Waals surface area contributed by atoms with E-state index in [0.717, 1.165) is 5.75 Å². The standard InChI is InChI=1S/C5H11B2S/c1-5(2,3)4-8-7-6/h4H2,1-3H3. The maximum absolute atomic E-state index is 5.17. The second-order valence-electron chi connectivity index (χ2n) is 3.01. The van der Waals surface area contributed by atoms with Crippen molar-refractivity contribution in [3.05, 3.63) is 0 Å². The van der Waals surface area contributed by atoms with Crippen LogP contribution in [0.5, 0.6) is 0 Å². The Morgan fingerprint density at radius 3 is 2.12 bits per heavy atom. The van der Waals surface area contributed by atoms with Gasteiger partial charge in [-0.3, -0.25) is 0 Å². The van der Waals surface area contributed by atoms with Crippen molar-refractivity contribution < 1.29 is 0 Å². The van der Waals surface area contributed by atoms with Gasteiger partial charge in [0.1, 0.15) is 6.45 Å². The van der Waals surface area contributed by atoms with Crippen LogP contribution in [0.25, 0.3) is 0 Å². The summed E-state index contributed by atoms with van der Waals surface area (Å²) >= 11 is 1.67. The van der Waals surface area contributed by atoms with Crippen molar-refractivity contribution in [3.8, 4) is 0 Å². The van der Waals surface area contributed by atoms with Gasteiger partial charge in [0, 0.05) is 7.74 Å². The molecule has 3 heteroatoms. The van der Waals surface area contributed by atoms with Crippen LogP contribution in [-0.4, -0.2) is 19.9 Å². The lowest BCUT2D eigenvalue weighted by atomic mass is 9.79. The van der Waals surface area contributed by atoms with Gasteiger partial charge in [0.15, 0.2) is 0 Å². The van der Waals surface area contributed by atoms with Gasteiger partial charge in [-0.05, 0) is 11.2 Å². The molecule has 0 aromatic rings. The summed E-state index contributed by atoms with van der Waals surface area (Å²) in [6, 6.07) is 0. The number of hydrogen-bond donors (Lipinski definition) is 0. The zero-order valence-electron chi connectivity index (χ0n) is 5.77. The summed E-state index contributed by atoms with van der Waals surface area (Å²) in [5.41, 5.74) is 0.403. The summed E-state index contributed by atoms with van der Waals surface area (Å²) in [5, 5.41) is 0. The molecule has 0 fully saturated rings. The summed E-state index contributed by atoms with van der Waals surface area (Å²) in [5.74, 6) is 1.10. The van der Waals surface area contributed by atoms with E-state index in [2.05, 4.69) is 20.8 Å². The monoisotopic (exact) mass is 125 g/mol. The molecular weight excluding hydrogens is 114 g/mol. The van der Waals surface area contributed by atoms with Crippen LogP contribution in [0, 0.1) is 5.41 Å². The first-order chi connectivity index (χ1) is 3.56. The Bertz CT molecular complexity index is 57.9. The maximum atomic E-state index is 5.17. The van der Waals surface area contributed by atoms with Crippen molar-refractivity contribution in [2.45, 2.75) is 20.8 Å². The molecule has 3 radical (unpaired) electrons. The van der Waals surface area contributed by atoms with Crippen molar-refractivity contribution >= 4 is 25.8 Å². The Kier molecular flexibility index (Phi) is 3.70. The predicted molar refractivity (Wildman–Crippen MR) is 43.4 cm³/mol. The Labute approximate surface area is 58.3 Å². The van der Waals surface area contributed by atoms with Crippen molar-refractivity contribution in [2.24, 2.45) is 5.41 Å². The van der Waals surface area contributed by atoms with Crippen LogP contribution >= 0.6 is 11.6 Å². The minimum absolute atomic E-state index is 0.403. The van der Waals surface area contributed by atoms with Crippen LogP contribution in [0.3, 0.4) is 0 Å². The summed E-state index contributed by atoms with van der Waals surface area (Å²) in [6.45, 7) is 6.59. The molecule has 0 N–H and O–H groups in total. The number of rotatable bonds is 2. The van der Waals surface area contributed by atoms with Crippen molar-refractivity contribution in [1.29, 1.82) is 0 Å². The Morgan fingerprint density at radius 2 is 2.00 bits per heavy atom. The third-order valence-corrected chi connectivity index (χ3v) is 1.84. The zero-order chi connectivity index (χ0) is 6.62. The second-order valence-corrected chi connectivity index (χ2v) is 3.90. The highest BCUT2D eigenvalue weighted by Gasteiger charge is 2.07. The smallest absolute Gasteiger partial charge is 0.134 e. The Balaban J connectivity index is 3.11. The topological polar surface area (TPSA) is 0 Å². The molecule has 0 aromatic carbocycles. The molecular formula is C5H11B2S. The summed E-state index contributed by atoms with van der Waals surface area (Å²) in [7, 11) is 5.17. The largest absolute Gasteiger partial charge is 0.229 e. The molecule has 0 spiro atoms. The Hall–Kier alpha value is 0.480. The van der Waals surface area contributed by atoms with Crippen LogP contribution in [0.4, 0.5) is 0 Å². The quantitative estimate of drug-likeness (QED) is 0.503. The van der Waals surface area contributed by atoms with Crippen molar-refractivity contribution in [2.75, 3.05) is 5.75 Å². The zero-order valence-corrected chi connectivity index (χ0v) is 6.59. The molecule has 0 saturated carbocycles. The van der Waals surface area contributed by atoms with Crippen molar-refractivity contribution in [3.63, 3.8) is 0 Å². The molecule has 0 aliphatic heterocycles. The van der Waals surface area contributed by atoms with E-state index in [-0.39, 0.29) is 0 Å². The SMILES string of the molecule is [B][B]SCC(C)(C)C. The third-order valence-electron chi connectivity index (χ3n) is 0.613. The molecule has 0 bridgehead atoms. The molecule has 0 amide bonds. The van der Waals surface area contributed by atoms with Crippen LogP contribution in [-0.2, 0) is 0 Å². The minimum atomic E-state index is 0.403. The maximum Gasteiger partial charge on any atom is 0.134 e. The third kappa shape index (κ3) is 6.48. The van der Waals surface area contributed by atoms with Gasteiger partial charge >= 0.3 is 0 Å². The fourth-order valence-electron chi connectivity index (χ4n) is 0.298. The van der Waals surface area contributed by atoms with E-state index >= 15 is 0 Å². The van der Waals surface area contributed by atoms with E-state index in [1.807, 2.05) is 0 Å². The predicted octanol–water partition coefficient (Wildman–Crippen LogP) is 1.47. The van der Waals surface area contributed by atoms with Crippen LogP contribution in [0.1, 0.15) is 20.8 Å². The Morgan fingerprint density at radius 1 is 1.50 bits per heavy atom. The first-order valence-electron chi connectivity index (χ1n) is 2.71. The molecule has 8 heavy (non-hydrogen) atoms. The lowest BCUT2D eigenvalue weighted by Crippen LogP contribution is -2.09. The van der Waals surface area contributed by atoms with Gasteiger partial charge < -0.3 is 0 Å². The lowest BCUT2D eigenvalue weighted by Gasteiger charge is -2.16. The van der Waals surface area contributed by atoms with Gasteiger partial charge in [-0.2, -0.15) is 0 Å². The molecule has 0 heterocycles. The summed E-state index contributed by atoms with van der Waals surface area (Å²) < 4.78 is 0. The fraction of sp³-hybridized carbons (Fsp3) is 1.00. The molecule has 0 aromatic heterocycles. The van der Waals surface area contributed by atoms with E-state index in [1.165, 1.54) is 0 Å². The van der Waals surface area contributed by atoms with Gasteiger partial charge in [-0.15, -0.1) is 0 Å². The molecule has 0 saturated heterocycles. The highest BCUT2D eigenvalue weighted by atomic mass is 32.2. The minimum Gasteiger partial charge on any atom is -0.229 e. The van der Waals surface area contributed by atoms with E-state index in [4.69, 9.17) is 7.74 Å². The molecule has 0 atom stereocenters. The molecule has 43 valence electrons. The average Bonchev–Trinajstić information content (AvgIpc) is 1.59. The van der Waals surface area contributed by atoms with Crippen LogP contribution in [0.2, 0.25) is 0 Å².